The molecule has 2 N–H and O–H groups in total. The van der Waals surface area contributed by atoms with Gasteiger partial charge >= 0.3 is 0 Å². The van der Waals surface area contributed by atoms with Crippen LogP contribution in [0, 0.1) is 13.8 Å². The van der Waals surface area contributed by atoms with Gasteiger partial charge in [0.15, 0.2) is 17.1 Å². The average Bonchev–Trinajstić information content (AvgIpc) is 3.21. The smallest absolute Gasteiger partial charge is 0.291 e. The molecule has 1 aromatic heterocycles. The van der Waals surface area contributed by atoms with Gasteiger partial charge in [-0.3, -0.25) is 9.52 Å². The van der Waals surface area contributed by atoms with Crippen LogP contribution in [0.15, 0.2) is 76.0 Å². The van der Waals surface area contributed by atoms with Crippen LogP contribution >= 0.6 is 0 Å². The molecule has 0 unspecified atom stereocenters. The van der Waals surface area contributed by atoms with E-state index in [2.05, 4.69) is 10.0 Å². The van der Waals surface area contributed by atoms with E-state index in [1.807, 2.05) is 44.2 Å². The normalized spacial score (nSPS) is 11.3. The molecule has 0 saturated carbocycles. The molecule has 0 bridgehead atoms. The Hall–Kier alpha value is -3.78. The van der Waals surface area contributed by atoms with Gasteiger partial charge in [-0.25, -0.2) is 8.42 Å². The molecule has 7 nitrogen and oxygen atoms in total. The quantitative estimate of drug-likeness (QED) is 0.425. The van der Waals surface area contributed by atoms with Gasteiger partial charge in [0.1, 0.15) is 0 Å². The summed E-state index contributed by atoms with van der Waals surface area (Å²) in [6.07, 6.45) is 0. The number of sulfonamides is 1. The first-order valence-electron chi connectivity index (χ1n) is 9.85. The van der Waals surface area contributed by atoms with E-state index in [1.165, 1.54) is 31.4 Å². The maximum Gasteiger partial charge on any atom is 0.291 e. The highest BCUT2D eigenvalue weighted by Crippen LogP contribution is 2.29. The number of benzene rings is 3. The van der Waals surface area contributed by atoms with E-state index in [1.54, 1.807) is 12.1 Å². The van der Waals surface area contributed by atoms with Crippen LogP contribution < -0.4 is 14.8 Å². The molecular weight excluding hydrogens is 428 g/mol. The number of rotatable bonds is 6. The number of fused-ring (bicyclic) bond motifs is 1. The minimum absolute atomic E-state index is 0.0895. The number of carbonyl (C=O) groups excluding carboxylic acids is 1. The lowest BCUT2D eigenvalue weighted by atomic mass is 10.1. The van der Waals surface area contributed by atoms with Gasteiger partial charge in [0.25, 0.3) is 15.9 Å². The van der Waals surface area contributed by atoms with Gasteiger partial charge < -0.3 is 14.5 Å². The third-order valence-electron chi connectivity index (χ3n) is 5.09. The van der Waals surface area contributed by atoms with Crippen LogP contribution in [0.2, 0.25) is 0 Å². The number of hydrogen-bond acceptors (Lipinski definition) is 5. The predicted molar refractivity (Wildman–Crippen MR) is 124 cm³/mol. The van der Waals surface area contributed by atoms with Crippen LogP contribution in [-0.2, 0) is 10.0 Å². The third-order valence-corrected chi connectivity index (χ3v) is 6.46. The zero-order valence-electron chi connectivity index (χ0n) is 17.8. The van der Waals surface area contributed by atoms with Crippen LogP contribution in [-0.4, -0.2) is 21.4 Å². The SMILES string of the molecule is COc1cccc2cc(C(=O)Nc3ccc(S(=O)(=O)Nc4c(C)cccc4C)cc3)oc12. The van der Waals surface area contributed by atoms with Crippen molar-refractivity contribution in [3.05, 3.63) is 83.6 Å². The van der Waals surface area contributed by atoms with Crippen molar-refractivity contribution in [2.24, 2.45) is 0 Å². The van der Waals surface area contributed by atoms with E-state index in [0.29, 0.717) is 22.7 Å². The zero-order valence-corrected chi connectivity index (χ0v) is 18.6. The molecular formula is C24H22N2O5S. The number of ether oxygens (including phenoxy) is 1. The number of furan rings is 1. The molecule has 0 atom stereocenters. The molecule has 0 aliphatic rings. The number of para-hydroxylation sites is 2. The average molecular weight is 451 g/mol. The lowest BCUT2D eigenvalue weighted by molar-refractivity contribution is 0.0998. The number of nitrogens with one attached hydrogen (secondary N) is 2. The topological polar surface area (TPSA) is 97.6 Å². The second-order valence-electron chi connectivity index (χ2n) is 7.34. The predicted octanol–water partition coefficient (Wildman–Crippen LogP) is 5.11. The molecule has 1 heterocycles. The molecule has 32 heavy (non-hydrogen) atoms. The van der Waals surface area contributed by atoms with Gasteiger partial charge in [-0.05, 0) is 61.4 Å². The summed E-state index contributed by atoms with van der Waals surface area (Å²) in [6.45, 7) is 3.69. The maximum absolute atomic E-state index is 12.8. The molecule has 0 aliphatic carbocycles. The molecule has 4 rings (SSSR count). The van der Waals surface area contributed by atoms with E-state index in [0.717, 1.165) is 16.5 Å². The van der Waals surface area contributed by atoms with Crippen molar-refractivity contribution in [3.8, 4) is 5.75 Å². The minimum Gasteiger partial charge on any atom is -0.493 e. The van der Waals surface area contributed by atoms with E-state index in [-0.39, 0.29) is 10.7 Å². The number of methoxy groups -OCH3 is 1. The van der Waals surface area contributed by atoms with Crippen LogP contribution in [0.1, 0.15) is 21.7 Å². The fourth-order valence-electron chi connectivity index (χ4n) is 3.39. The first kappa shape index (κ1) is 21.5. The standard InChI is InChI=1S/C24H22N2O5S/c1-15-6-4-7-16(2)22(15)26-32(28,29)19-12-10-18(11-13-19)25-24(27)21-14-17-8-5-9-20(30-3)23(17)31-21/h4-14,26H,1-3H3,(H,25,27). The highest BCUT2D eigenvalue weighted by molar-refractivity contribution is 7.92. The van der Waals surface area contributed by atoms with Crippen LogP contribution in [0.3, 0.4) is 0 Å². The number of carbonyl (C=O) groups is 1. The van der Waals surface area contributed by atoms with E-state index >= 15 is 0 Å². The van der Waals surface area contributed by atoms with Gasteiger partial charge in [0.2, 0.25) is 0 Å². The van der Waals surface area contributed by atoms with Gasteiger partial charge in [0, 0.05) is 11.1 Å². The Morgan fingerprint density at radius 3 is 2.25 bits per heavy atom. The Labute approximate surface area is 186 Å². The van der Waals surface area contributed by atoms with Crippen molar-refractivity contribution in [2.45, 2.75) is 18.7 Å². The van der Waals surface area contributed by atoms with Crippen LogP contribution in [0.5, 0.6) is 5.75 Å². The summed E-state index contributed by atoms with van der Waals surface area (Å²) in [7, 11) is -2.25. The third kappa shape index (κ3) is 4.17. The van der Waals surface area contributed by atoms with E-state index in [9.17, 15) is 13.2 Å². The summed E-state index contributed by atoms with van der Waals surface area (Å²) in [4.78, 5) is 12.7. The number of amides is 1. The first-order valence-corrected chi connectivity index (χ1v) is 11.3. The highest BCUT2D eigenvalue weighted by Gasteiger charge is 2.18. The van der Waals surface area contributed by atoms with Crippen molar-refractivity contribution in [1.82, 2.24) is 0 Å². The van der Waals surface area contributed by atoms with Crippen molar-refractivity contribution in [3.63, 3.8) is 0 Å². The summed E-state index contributed by atoms with van der Waals surface area (Å²) in [5.74, 6) is 0.206. The molecule has 8 heteroatoms. The van der Waals surface area contributed by atoms with Gasteiger partial charge in [-0.2, -0.15) is 0 Å². The van der Waals surface area contributed by atoms with Crippen molar-refractivity contribution >= 4 is 38.3 Å². The molecule has 3 aromatic carbocycles. The van der Waals surface area contributed by atoms with Gasteiger partial charge in [0.05, 0.1) is 17.7 Å². The Bertz CT molecular complexity index is 1390. The fourth-order valence-corrected chi connectivity index (χ4v) is 4.59. The van der Waals surface area contributed by atoms with Gasteiger partial charge in [-0.1, -0.05) is 30.3 Å². The summed E-state index contributed by atoms with van der Waals surface area (Å²) in [5, 5.41) is 3.46. The minimum atomic E-state index is -3.78. The molecule has 0 fully saturated rings. The summed E-state index contributed by atoms with van der Waals surface area (Å²) >= 11 is 0. The summed E-state index contributed by atoms with van der Waals surface area (Å²) in [6, 6.07) is 18.5. The Kier molecular flexibility index (Phi) is 5.63. The lowest BCUT2D eigenvalue weighted by Gasteiger charge is -2.13. The second-order valence-corrected chi connectivity index (χ2v) is 9.02. The van der Waals surface area contributed by atoms with Crippen LogP contribution in [0.4, 0.5) is 11.4 Å². The molecule has 164 valence electrons. The Balaban J connectivity index is 1.52. The van der Waals surface area contributed by atoms with Crippen molar-refractivity contribution in [1.29, 1.82) is 0 Å². The Morgan fingerprint density at radius 2 is 1.59 bits per heavy atom. The highest BCUT2D eigenvalue weighted by atomic mass is 32.2. The molecule has 0 radical (unpaired) electrons. The van der Waals surface area contributed by atoms with Crippen molar-refractivity contribution in [2.75, 3.05) is 17.1 Å². The lowest BCUT2D eigenvalue weighted by Crippen LogP contribution is -2.15. The molecule has 0 aliphatic heterocycles. The monoisotopic (exact) mass is 450 g/mol. The molecule has 0 spiro atoms. The molecule has 1 amide bonds. The van der Waals surface area contributed by atoms with E-state index in [4.69, 9.17) is 9.15 Å². The maximum atomic E-state index is 12.8. The zero-order chi connectivity index (χ0) is 22.9. The molecule has 4 aromatic rings. The largest absolute Gasteiger partial charge is 0.493 e. The first-order chi connectivity index (χ1) is 15.3. The van der Waals surface area contributed by atoms with Crippen LogP contribution in [0.25, 0.3) is 11.0 Å². The fraction of sp³-hybridized carbons (Fsp3) is 0.125. The second kappa shape index (κ2) is 8.39. The summed E-state index contributed by atoms with van der Waals surface area (Å²) < 4.78 is 39.1. The molecule has 0 saturated heterocycles. The van der Waals surface area contributed by atoms with Gasteiger partial charge in [-0.15, -0.1) is 0 Å². The number of aryl methyl sites for hydroxylation is 2. The van der Waals surface area contributed by atoms with E-state index < -0.39 is 15.9 Å². The Morgan fingerprint density at radius 1 is 0.938 bits per heavy atom. The van der Waals surface area contributed by atoms with Crippen molar-refractivity contribution < 1.29 is 22.4 Å². The summed E-state index contributed by atoms with van der Waals surface area (Å²) in [5.41, 5.74) is 3.15. The number of anilines is 2. The number of hydrogen-bond donors (Lipinski definition) is 2.